The van der Waals surface area contributed by atoms with E-state index in [1.54, 1.807) is 6.20 Å². The molecule has 1 unspecified atom stereocenters. The fourth-order valence-electron chi connectivity index (χ4n) is 3.65. The van der Waals surface area contributed by atoms with E-state index in [4.69, 9.17) is 4.74 Å². The topological polar surface area (TPSA) is 58.2 Å². The number of hydrogen-bond donors (Lipinski definition) is 1. The van der Waals surface area contributed by atoms with Crippen molar-refractivity contribution >= 4 is 5.91 Å². The summed E-state index contributed by atoms with van der Waals surface area (Å²) in [6.07, 6.45) is 7.89. The first kappa shape index (κ1) is 16.3. The van der Waals surface area contributed by atoms with Crippen molar-refractivity contribution < 1.29 is 9.53 Å². The predicted molar refractivity (Wildman–Crippen MR) is 96.2 cm³/mol. The Hall–Kier alpha value is -2.14. The van der Waals surface area contributed by atoms with Gasteiger partial charge in [-0.05, 0) is 55.4 Å². The van der Waals surface area contributed by atoms with Crippen LogP contribution >= 0.6 is 0 Å². The molecule has 132 valence electrons. The maximum atomic E-state index is 13.1. The Bertz CT molecular complexity index is 686. The van der Waals surface area contributed by atoms with Gasteiger partial charge in [-0.3, -0.25) is 9.89 Å². The highest BCUT2D eigenvalue weighted by Crippen LogP contribution is 2.28. The number of ether oxygens (including phenoxy) is 1. The average Bonchev–Trinajstić information content (AvgIpc) is 3.30. The van der Waals surface area contributed by atoms with Crippen molar-refractivity contribution in [2.24, 2.45) is 5.92 Å². The third-order valence-electron chi connectivity index (χ3n) is 5.38. The summed E-state index contributed by atoms with van der Waals surface area (Å²) in [7, 11) is 0. The predicted octanol–water partition coefficient (Wildman–Crippen LogP) is 3.50. The van der Waals surface area contributed by atoms with Crippen molar-refractivity contribution in [1.29, 1.82) is 0 Å². The molecular formula is C20H25N3O2. The second-order valence-electron chi connectivity index (χ2n) is 7.19. The minimum atomic E-state index is 0.124. The number of aromatic amines is 1. The van der Waals surface area contributed by atoms with Crippen LogP contribution in [-0.2, 0) is 4.74 Å². The van der Waals surface area contributed by atoms with Gasteiger partial charge < -0.3 is 9.64 Å². The normalized spacial score (nSPS) is 20.4. The molecule has 1 aliphatic heterocycles. The Morgan fingerprint density at radius 3 is 2.56 bits per heavy atom. The number of nitrogens with one attached hydrogen (secondary N) is 1. The molecule has 1 aliphatic carbocycles. The Balaban J connectivity index is 1.47. The molecule has 5 nitrogen and oxygen atoms in total. The minimum Gasteiger partial charge on any atom is -0.376 e. The van der Waals surface area contributed by atoms with Crippen molar-refractivity contribution in [3.8, 4) is 11.3 Å². The third kappa shape index (κ3) is 3.76. The van der Waals surface area contributed by atoms with Crippen LogP contribution in [0.3, 0.4) is 0 Å². The number of carbonyl (C=O) groups is 1. The first-order chi connectivity index (χ1) is 12.3. The third-order valence-corrected chi connectivity index (χ3v) is 5.38. The average molecular weight is 339 g/mol. The highest BCUT2D eigenvalue weighted by Gasteiger charge is 2.28. The van der Waals surface area contributed by atoms with Crippen LogP contribution in [0.1, 0.15) is 42.5 Å². The summed E-state index contributed by atoms with van der Waals surface area (Å²) in [5, 5.41) is 6.93. The monoisotopic (exact) mass is 339 g/mol. The molecule has 1 aromatic heterocycles. The van der Waals surface area contributed by atoms with Crippen molar-refractivity contribution in [1.82, 2.24) is 15.1 Å². The fourth-order valence-corrected chi connectivity index (χ4v) is 3.65. The highest BCUT2D eigenvalue weighted by molar-refractivity contribution is 5.94. The van der Waals surface area contributed by atoms with E-state index in [9.17, 15) is 4.79 Å². The largest absolute Gasteiger partial charge is 0.376 e. The van der Waals surface area contributed by atoms with Crippen LogP contribution in [0.2, 0.25) is 0 Å². The lowest BCUT2D eigenvalue weighted by molar-refractivity contribution is 0.0448. The molecule has 2 fully saturated rings. The van der Waals surface area contributed by atoms with Gasteiger partial charge in [0.25, 0.3) is 5.91 Å². The lowest BCUT2D eigenvalue weighted by Gasteiger charge is -2.33. The van der Waals surface area contributed by atoms with E-state index in [0.29, 0.717) is 5.92 Å². The Labute approximate surface area is 148 Å². The number of amides is 1. The maximum Gasteiger partial charge on any atom is 0.253 e. The van der Waals surface area contributed by atoms with E-state index in [0.717, 1.165) is 49.4 Å². The highest BCUT2D eigenvalue weighted by atomic mass is 16.5. The second kappa shape index (κ2) is 7.40. The number of carbonyl (C=O) groups excluding carboxylic acids is 1. The first-order valence-corrected chi connectivity index (χ1v) is 9.30. The molecule has 1 atom stereocenters. The number of benzene rings is 1. The van der Waals surface area contributed by atoms with Crippen molar-refractivity contribution in [3.63, 3.8) is 0 Å². The quantitative estimate of drug-likeness (QED) is 0.876. The molecule has 1 N–H and O–H groups in total. The second-order valence-corrected chi connectivity index (χ2v) is 7.19. The van der Waals surface area contributed by atoms with Crippen LogP contribution < -0.4 is 0 Å². The summed E-state index contributed by atoms with van der Waals surface area (Å²) >= 11 is 0. The van der Waals surface area contributed by atoms with E-state index in [-0.39, 0.29) is 12.0 Å². The van der Waals surface area contributed by atoms with Gasteiger partial charge in [-0.1, -0.05) is 18.6 Å². The maximum absolute atomic E-state index is 13.1. The Kier molecular flexibility index (Phi) is 4.83. The Morgan fingerprint density at radius 1 is 1.12 bits per heavy atom. The van der Waals surface area contributed by atoms with Crippen LogP contribution in [0.25, 0.3) is 11.3 Å². The SMILES string of the molecule is O=C(c1ccc(-c2ccn[nH]2)cc1)N(CC1CCC1)CC1CCCO1. The molecule has 0 bridgehead atoms. The molecule has 2 aliphatic rings. The van der Waals surface area contributed by atoms with E-state index >= 15 is 0 Å². The van der Waals surface area contributed by atoms with Crippen molar-refractivity contribution in [3.05, 3.63) is 42.1 Å². The summed E-state index contributed by atoms with van der Waals surface area (Å²) in [5.41, 5.74) is 2.75. The number of aromatic nitrogens is 2. The summed E-state index contributed by atoms with van der Waals surface area (Å²) in [4.78, 5) is 15.1. The lowest BCUT2D eigenvalue weighted by atomic mass is 9.85. The smallest absolute Gasteiger partial charge is 0.253 e. The molecule has 5 heteroatoms. The molecular weight excluding hydrogens is 314 g/mol. The summed E-state index contributed by atoms with van der Waals surface area (Å²) in [5.74, 6) is 0.785. The van der Waals surface area contributed by atoms with E-state index in [1.165, 1.54) is 19.3 Å². The fraction of sp³-hybridized carbons (Fsp3) is 0.500. The van der Waals surface area contributed by atoms with E-state index in [1.807, 2.05) is 35.2 Å². The van der Waals surface area contributed by atoms with Gasteiger partial charge in [0, 0.05) is 31.5 Å². The van der Waals surface area contributed by atoms with Crippen molar-refractivity contribution in [2.45, 2.75) is 38.2 Å². The summed E-state index contributed by atoms with van der Waals surface area (Å²) < 4.78 is 5.77. The summed E-state index contributed by atoms with van der Waals surface area (Å²) in [6, 6.07) is 9.73. The van der Waals surface area contributed by atoms with Gasteiger partial charge in [-0.2, -0.15) is 5.10 Å². The molecule has 0 spiro atoms. The van der Waals surface area contributed by atoms with Gasteiger partial charge >= 0.3 is 0 Å². The van der Waals surface area contributed by atoms with E-state index < -0.39 is 0 Å². The zero-order valence-electron chi connectivity index (χ0n) is 14.5. The standard InChI is InChI=1S/C20H25N3O2/c24-20(17-8-6-16(7-9-17)19-10-11-21-22-19)23(13-15-3-1-4-15)14-18-5-2-12-25-18/h6-11,15,18H,1-5,12-14H2,(H,21,22). The molecule has 4 rings (SSSR count). The zero-order chi connectivity index (χ0) is 17.1. The molecule has 0 radical (unpaired) electrons. The number of rotatable bonds is 6. The van der Waals surface area contributed by atoms with Crippen LogP contribution in [-0.4, -0.2) is 46.8 Å². The zero-order valence-corrected chi connectivity index (χ0v) is 14.5. The molecule has 1 amide bonds. The minimum absolute atomic E-state index is 0.124. The van der Waals surface area contributed by atoms with Gasteiger partial charge in [-0.15, -0.1) is 0 Å². The van der Waals surface area contributed by atoms with Gasteiger partial charge in [0.1, 0.15) is 0 Å². The van der Waals surface area contributed by atoms with Crippen molar-refractivity contribution in [2.75, 3.05) is 19.7 Å². The molecule has 25 heavy (non-hydrogen) atoms. The Morgan fingerprint density at radius 2 is 1.96 bits per heavy atom. The lowest BCUT2D eigenvalue weighted by Crippen LogP contribution is -2.41. The molecule has 1 saturated carbocycles. The van der Waals surface area contributed by atoms with Crippen LogP contribution in [0, 0.1) is 5.92 Å². The van der Waals surface area contributed by atoms with Gasteiger partial charge in [0.05, 0.1) is 11.8 Å². The number of hydrogen-bond acceptors (Lipinski definition) is 3. The van der Waals surface area contributed by atoms with Crippen LogP contribution in [0.5, 0.6) is 0 Å². The molecule has 1 saturated heterocycles. The van der Waals surface area contributed by atoms with Crippen LogP contribution in [0.15, 0.2) is 36.5 Å². The molecule has 2 heterocycles. The van der Waals surface area contributed by atoms with E-state index in [2.05, 4.69) is 10.2 Å². The summed E-state index contributed by atoms with van der Waals surface area (Å²) in [6.45, 7) is 2.41. The van der Waals surface area contributed by atoms with Crippen LogP contribution in [0.4, 0.5) is 0 Å². The molecule has 2 aromatic rings. The number of H-pyrrole nitrogens is 1. The van der Waals surface area contributed by atoms with Gasteiger partial charge in [-0.25, -0.2) is 0 Å². The first-order valence-electron chi connectivity index (χ1n) is 9.30. The number of nitrogens with zero attached hydrogens (tertiary/aromatic N) is 2. The van der Waals surface area contributed by atoms with Gasteiger partial charge in [0.2, 0.25) is 0 Å². The molecule has 1 aromatic carbocycles. The van der Waals surface area contributed by atoms with Gasteiger partial charge in [0.15, 0.2) is 0 Å².